The lowest BCUT2D eigenvalue weighted by Crippen LogP contribution is -2.35. The maximum Gasteiger partial charge on any atom is 0.343 e. The minimum absolute atomic E-state index is 0.0623. The van der Waals surface area contributed by atoms with Gasteiger partial charge in [0.05, 0.1) is 19.3 Å². The van der Waals surface area contributed by atoms with Gasteiger partial charge in [0.1, 0.15) is 23.8 Å². The predicted molar refractivity (Wildman–Crippen MR) is 183 cm³/mol. The Morgan fingerprint density at radius 1 is 0.745 bits per heavy atom. The average Bonchev–Trinajstić information content (AvgIpc) is 3.09. The number of carbonyl (C=O) groups is 3. The number of nitrogens with one attached hydrogen (secondary N) is 1. The van der Waals surface area contributed by atoms with Crippen molar-refractivity contribution < 1.29 is 33.7 Å². The van der Waals surface area contributed by atoms with Crippen LogP contribution in [0.25, 0.3) is 0 Å². The van der Waals surface area contributed by atoms with Crippen molar-refractivity contribution in [3.63, 3.8) is 0 Å². The van der Waals surface area contributed by atoms with E-state index in [-0.39, 0.29) is 6.54 Å². The highest BCUT2D eigenvalue weighted by Gasteiger charge is 2.19. The maximum atomic E-state index is 13.3. The molecular formula is C37H40N2O7S. The van der Waals surface area contributed by atoms with E-state index in [1.165, 1.54) is 36.1 Å². The number of hydrogen-bond acceptors (Lipinski definition) is 8. The van der Waals surface area contributed by atoms with Gasteiger partial charge in [-0.3, -0.25) is 9.59 Å². The molecule has 0 unspecified atom stereocenters. The second-order valence-electron chi connectivity index (χ2n) is 10.8. The molecule has 0 saturated carbocycles. The fourth-order valence-electron chi connectivity index (χ4n) is 4.62. The molecule has 1 amide bonds. The molecule has 0 bridgehead atoms. The van der Waals surface area contributed by atoms with Gasteiger partial charge in [-0.05, 0) is 109 Å². The van der Waals surface area contributed by atoms with Crippen LogP contribution in [0.5, 0.6) is 17.2 Å². The molecule has 0 saturated heterocycles. The number of carbonyl (C=O) groups excluding carboxylic acids is 2. The van der Waals surface area contributed by atoms with Crippen LogP contribution in [-0.4, -0.2) is 48.1 Å². The summed E-state index contributed by atoms with van der Waals surface area (Å²) in [6, 6.07) is 27.9. The normalized spacial score (nSPS) is 10.6. The zero-order valence-corrected chi connectivity index (χ0v) is 27.5. The molecule has 0 fully saturated rings. The molecule has 0 aliphatic carbocycles. The molecule has 0 radical (unpaired) electrons. The Bertz CT molecular complexity index is 1580. The lowest BCUT2D eigenvalue weighted by atomic mass is 10.1. The molecule has 0 atom stereocenters. The summed E-state index contributed by atoms with van der Waals surface area (Å²) in [7, 11) is 1.62. The summed E-state index contributed by atoms with van der Waals surface area (Å²) < 4.78 is 19.7. The van der Waals surface area contributed by atoms with Crippen LogP contribution in [0.1, 0.15) is 65.3 Å². The third-order valence-electron chi connectivity index (χ3n) is 7.21. The fourth-order valence-corrected chi connectivity index (χ4v) is 5.26. The SMILES string of the molecule is CCCCCCCOc1ccc(C(=O)Oc2ccc(CN(CC(=O)O)C(=O)c3ccc(NSc4ccc(OC)cc4)cc3)cc2)cc1. The maximum absolute atomic E-state index is 13.3. The Morgan fingerprint density at radius 3 is 2.00 bits per heavy atom. The Kier molecular flexibility index (Phi) is 13.6. The molecule has 0 aliphatic rings. The zero-order valence-electron chi connectivity index (χ0n) is 26.6. The van der Waals surface area contributed by atoms with Crippen molar-refractivity contribution >= 4 is 35.5 Å². The van der Waals surface area contributed by atoms with Crippen molar-refractivity contribution in [2.75, 3.05) is 25.0 Å². The summed E-state index contributed by atoms with van der Waals surface area (Å²) in [5.74, 6) is -0.237. The van der Waals surface area contributed by atoms with Gasteiger partial charge in [-0.2, -0.15) is 0 Å². The first kappa shape index (κ1) is 34.9. The second kappa shape index (κ2) is 18.3. The molecule has 4 aromatic carbocycles. The van der Waals surface area contributed by atoms with Gasteiger partial charge >= 0.3 is 11.9 Å². The third kappa shape index (κ3) is 11.4. The standard InChI is InChI=1S/C37H40N2O7S/c1-3-4-5-6-7-24-45-32-18-12-29(13-19-32)37(43)46-33-16-8-27(9-17-33)25-39(26-35(40)41)36(42)28-10-14-30(15-11-28)38-47-34-22-20-31(44-2)21-23-34/h8-23,38H,3-7,24-26H2,1-2H3,(H,40,41). The van der Waals surface area contributed by atoms with Gasteiger partial charge < -0.3 is 28.9 Å². The first-order valence-corrected chi connectivity index (χ1v) is 16.4. The number of ether oxygens (including phenoxy) is 3. The number of methoxy groups -OCH3 is 1. The van der Waals surface area contributed by atoms with E-state index in [4.69, 9.17) is 14.2 Å². The molecule has 0 heterocycles. The Morgan fingerprint density at radius 2 is 1.36 bits per heavy atom. The van der Waals surface area contributed by atoms with Crippen LogP contribution < -0.4 is 18.9 Å². The Hall–Kier alpha value is -4.96. The van der Waals surface area contributed by atoms with Gasteiger partial charge in [-0.25, -0.2) is 4.79 Å². The molecule has 10 heteroatoms. The van der Waals surface area contributed by atoms with Crippen LogP contribution in [0.4, 0.5) is 5.69 Å². The van der Waals surface area contributed by atoms with Gasteiger partial charge in [0.2, 0.25) is 0 Å². The first-order chi connectivity index (χ1) is 22.8. The molecule has 47 heavy (non-hydrogen) atoms. The van der Waals surface area contributed by atoms with Gasteiger partial charge in [-0.15, -0.1) is 0 Å². The number of rotatable bonds is 18. The number of aliphatic carboxylic acids is 1. The predicted octanol–water partition coefficient (Wildman–Crippen LogP) is 8.11. The Labute approximate surface area is 280 Å². The minimum Gasteiger partial charge on any atom is -0.497 e. The zero-order chi connectivity index (χ0) is 33.4. The van der Waals surface area contributed by atoms with Gasteiger partial charge in [0, 0.05) is 22.7 Å². The van der Waals surface area contributed by atoms with Crippen molar-refractivity contribution in [2.24, 2.45) is 0 Å². The monoisotopic (exact) mass is 656 g/mol. The molecule has 2 N–H and O–H groups in total. The third-order valence-corrected chi connectivity index (χ3v) is 8.05. The number of unbranched alkanes of at least 4 members (excludes halogenated alkanes) is 4. The summed E-state index contributed by atoms with van der Waals surface area (Å²) in [5, 5.41) is 9.48. The topological polar surface area (TPSA) is 114 Å². The minimum atomic E-state index is -1.12. The summed E-state index contributed by atoms with van der Waals surface area (Å²) in [4.78, 5) is 39.8. The molecular weight excluding hydrogens is 616 g/mol. The van der Waals surface area contributed by atoms with Crippen LogP contribution in [0.15, 0.2) is 102 Å². The van der Waals surface area contributed by atoms with Crippen LogP contribution in [0.2, 0.25) is 0 Å². The van der Waals surface area contributed by atoms with Crippen molar-refractivity contribution in [3.8, 4) is 17.2 Å². The van der Waals surface area contributed by atoms with Crippen molar-refractivity contribution in [1.82, 2.24) is 4.90 Å². The smallest absolute Gasteiger partial charge is 0.343 e. The highest BCUT2D eigenvalue weighted by Crippen LogP contribution is 2.24. The molecule has 4 aromatic rings. The summed E-state index contributed by atoms with van der Waals surface area (Å²) >= 11 is 1.42. The van der Waals surface area contributed by atoms with Gasteiger partial charge in [0.15, 0.2) is 0 Å². The van der Waals surface area contributed by atoms with Crippen LogP contribution in [-0.2, 0) is 11.3 Å². The van der Waals surface area contributed by atoms with Crippen molar-refractivity contribution in [3.05, 3.63) is 114 Å². The quantitative estimate of drug-likeness (QED) is 0.0474. The molecule has 4 rings (SSSR count). The number of esters is 1. The largest absolute Gasteiger partial charge is 0.497 e. The van der Waals surface area contributed by atoms with Crippen LogP contribution in [0, 0.1) is 0 Å². The lowest BCUT2D eigenvalue weighted by Gasteiger charge is -2.21. The molecule has 0 aromatic heterocycles. The first-order valence-electron chi connectivity index (χ1n) is 15.6. The van der Waals surface area contributed by atoms with Crippen molar-refractivity contribution in [2.45, 2.75) is 50.5 Å². The second-order valence-corrected chi connectivity index (χ2v) is 11.7. The summed E-state index contributed by atoms with van der Waals surface area (Å²) in [6.45, 7) is 2.42. The fraction of sp³-hybridized carbons (Fsp3) is 0.270. The summed E-state index contributed by atoms with van der Waals surface area (Å²) in [5.41, 5.74) is 2.22. The van der Waals surface area contributed by atoms with Crippen LogP contribution in [0.3, 0.4) is 0 Å². The van der Waals surface area contributed by atoms with Crippen LogP contribution >= 0.6 is 11.9 Å². The summed E-state index contributed by atoms with van der Waals surface area (Å²) in [6.07, 6.45) is 5.80. The van der Waals surface area contributed by atoms with E-state index >= 15 is 0 Å². The van der Waals surface area contributed by atoms with Crippen molar-refractivity contribution in [1.29, 1.82) is 0 Å². The van der Waals surface area contributed by atoms with Gasteiger partial charge in [0.25, 0.3) is 5.91 Å². The number of nitrogens with zero attached hydrogens (tertiary/aromatic N) is 1. The highest BCUT2D eigenvalue weighted by molar-refractivity contribution is 8.00. The number of benzene rings is 4. The van der Waals surface area contributed by atoms with Gasteiger partial charge in [-0.1, -0.05) is 44.7 Å². The van der Waals surface area contributed by atoms with E-state index in [0.29, 0.717) is 34.8 Å². The highest BCUT2D eigenvalue weighted by atomic mass is 32.2. The Balaban J connectivity index is 1.29. The van der Waals surface area contributed by atoms with E-state index in [9.17, 15) is 19.5 Å². The number of amides is 1. The van der Waals surface area contributed by atoms with E-state index in [1.807, 2.05) is 24.3 Å². The van der Waals surface area contributed by atoms with E-state index in [2.05, 4.69) is 11.6 Å². The molecule has 0 aliphatic heterocycles. The average molecular weight is 657 g/mol. The number of carboxylic acids is 1. The lowest BCUT2D eigenvalue weighted by molar-refractivity contribution is -0.137. The number of carboxylic acid groups (broad SMARTS) is 1. The molecule has 246 valence electrons. The molecule has 0 spiro atoms. The van der Waals surface area contributed by atoms with E-state index in [0.717, 1.165) is 29.2 Å². The van der Waals surface area contributed by atoms with E-state index < -0.39 is 24.4 Å². The molecule has 9 nitrogen and oxygen atoms in total. The number of anilines is 1. The number of hydrogen-bond donors (Lipinski definition) is 2. The van der Waals surface area contributed by atoms with E-state index in [1.54, 1.807) is 79.9 Å².